The molecule has 1 aromatic heterocycles. The first-order valence-corrected chi connectivity index (χ1v) is 4.78. The Bertz CT molecular complexity index is 456. The van der Waals surface area contributed by atoms with E-state index in [2.05, 4.69) is 16.3 Å². The molecule has 0 spiro atoms. The van der Waals surface area contributed by atoms with Crippen molar-refractivity contribution in [2.24, 2.45) is 0 Å². The van der Waals surface area contributed by atoms with E-state index in [4.69, 9.17) is 16.3 Å². The average Bonchev–Trinajstić information content (AvgIpc) is 2.25. The lowest BCUT2D eigenvalue weighted by molar-refractivity contribution is 0.451. The summed E-state index contributed by atoms with van der Waals surface area (Å²) in [6.45, 7) is 1.96. The molecule has 1 heterocycles. The highest BCUT2D eigenvalue weighted by Gasteiger charge is 2.02. The molecule has 0 aliphatic heterocycles. The highest BCUT2D eigenvalue weighted by molar-refractivity contribution is 6.29. The molecule has 15 heavy (non-hydrogen) atoms. The van der Waals surface area contributed by atoms with Gasteiger partial charge in [0, 0.05) is 0 Å². The van der Waals surface area contributed by atoms with Crippen LogP contribution in [-0.4, -0.2) is 10.2 Å². The van der Waals surface area contributed by atoms with Gasteiger partial charge in [-0.2, -0.15) is 0 Å². The molecule has 1 aromatic carbocycles. The third-order valence-electron chi connectivity index (χ3n) is 1.85. The van der Waals surface area contributed by atoms with Gasteiger partial charge in [0.15, 0.2) is 5.15 Å². The molecule has 4 heteroatoms. The van der Waals surface area contributed by atoms with Crippen LogP contribution in [0.5, 0.6) is 11.6 Å². The number of benzene rings is 1. The van der Waals surface area contributed by atoms with Crippen molar-refractivity contribution in [1.82, 2.24) is 10.2 Å². The zero-order valence-corrected chi connectivity index (χ0v) is 8.82. The van der Waals surface area contributed by atoms with Crippen LogP contribution >= 0.6 is 11.6 Å². The van der Waals surface area contributed by atoms with Gasteiger partial charge in [-0.1, -0.05) is 29.8 Å². The van der Waals surface area contributed by atoms with Crippen LogP contribution in [0, 0.1) is 13.0 Å². The third-order valence-corrected chi connectivity index (χ3v) is 2.04. The Hall–Kier alpha value is -1.61. The second-order valence-electron chi connectivity index (χ2n) is 2.98. The number of hydrogen-bond donors (Lipinski definition) is 0. The van der Waals surface area contributed by atoms with Gasteiger partial charge >= 0.3 is 0 Å². The van der Waals surface area contributed by atoms with E-state index in [0.717, 1.165) is 11.3 Å². The van der Waals surface area contributed by atoms with Gasteiger partial charge in [0.25, 0.3) is 0 Å². The summed E-state index contributed by atoms with van der Waals surface area (Å²) in [6, 6.07) is 12.0. The summed E-state index contributed by atoms with van der Waals surface area (Å²) in [7, 11) is 0. The molecule has 0 bridgehead atoms. The molecule has 2 rings (SSSR count). The highest BCUT2D eigenvalue weighted by atomic mass is 35.5. The second kappa shape index (κ2) is 4.28. The van der Waals surface area contributed by atoms with Crippen molar-refractivity contribution in [3.05, 3.63) is 47.1 Å². The molecule has 0 aliphatic carbocycles. The lowest BCUT2D eigenvalue weighted by Crippen LogP contribution is -1.91. The minimum Gasteiger partial charge on any atom is -0.437 e. The van der Waals surface area contributed by atoms with Crippen molar-refractivity contribution in [3.63, 3.8) is 0 Å². The maximum atomic E-state index is 5.59. The summed E-state index contributed by atoms with van der Waals surface area (Å²) >= 11 is 5.59. The van der Waals surface area contributed by atoms with Crippen molar-refractivity contribution < 1.29 is 4.74 Å². The standard InChI is InChI=1S/C11H8ClN2O/c1-8-4-2-3-5-9(8)15-11-7-6-10(12)13-14-11/h2-6H,1H3. The molecule has 0 saturated carbocycles. The molecule has 0 aliphatic rings. The van der Waals surface area contributed by atoms with E-state index in [0.29, 0.717) is 11.0 Å². The molecule has 0 fully saturated rings. The topological polar surface area (TPSA) is 35.0 Å². The predicted octanol–water partition coefficient (Wildman–Crippen LogP) is 3.03. The minimum atomic E-state index is 0.298. The number of halogens is 1. The van der Waals surface area contributed by atoms with E-state index in [1.807, 2.05) is 31.2 Å². The van der Waals surface area contributed by atoms with Crippen LogP contribution in [0.1, 0.15) is 5.56 Å². The van der Waals surface area contributed by atoms with Crippen molar-refractivity contribution in [3.8, 4) is 11.6 Å². The summed E-state index contributed by atoms with van der Waals surface area (Å²) in [5, 5.41) is 7.72. The van der Waals surface area contributed by atoms with Gasteiger partial charge in [-0.15, -0.1) is 10.2 Å². The Balaban J connectivity index is 2.22. The Morgan fingerprint density at radius 1 is 1.27 bits per heavy atom. The zero-order chi connectivity index (χ0) is 10.7. The van der Waals surface area contributed by atoms with E-state index in [1.54, 1.807) is 0 Å². The summed E-state index contributed by atoms with van der Waals surface area (Å²) in [5.74, 6) is 1.05. The monoisotopic (exact) mass is 219 g/mol. The molecule has 0 atom stereocenters. The first-order valence-electron chi connectivity index (χ1n) is 4.40. The van der Waals surface area contributed by atoms with Gasteiger partial charge in [-0.25, -0.2) is 0 Å². The minimum absolute atomic E-state index is 0.298. The van der Waals surface area contributed by atoms with Gasteiger partial charge in [0.1, 0.15) is 5.75 Å². The van der Waals surface area contributed by atoms with Gasteiger partial charge < -0.3 is 4.74 Å². The molecule has 0 saturated heterocycles. The Kier molecular flexibility index (Phi) is 2.83. The predicted molar refractivity (Wildman–Crippen MR) is 57.1 cm³/mol. The van der Waals surface area contributed by atoms with Crippen molar-refractivity contribution >= 4 is 11.6 Å². The van der Waals surface area contributed by atoms with E-state index in [-0.39, 0.29) is 0 Å². The molecule has 3 nitrogen and oxygen atoms in total. The Morgan fingerprint density at radius 2 is 2.07 bits per heavy atom. The fraction of sp³-hybridized carbons (Fsp3) is 0.0909. The Labute approximate surface area is 92.7 Å². The Morgan fingerprint density at radius 3 is 2.73 bits per heavy atom. The maximum Gasteiger partial charge on any atom is 0.247 e. The van der Waals surface area contributed by atoms with E-state index in [1.165, 1.54) is 6.07 Å². The molecule has 0 unspecified atom stereocenters. The summed E-state index contributed by atoms with van der Waals surface area (Å²) in [4.78, 5) is 0. The second-order valence-corrected chi connectivity index (χ2v) is 3.37. The fourth-order valence-electron chi connectivity index (χ4n) is 1.10. The largest absolute Gasteiger partial charge is 0.437 e. The molecule has 2 aromatic rings. The molecule has 0 amide bonds. The van der Waals surface area contributed by atoms with Crippen molar-refractivity contribution in [1.29, 1.82) is 0 Å². The van der Waals surface area contributed by atoms with Crippen LogP contribution in [-0.2, 0) is 0 Å². The SMILES string of the molecule is Cc1ccccc1Oc1[c]cc(Cl)nn1. The first kappa shape index (κ1) is 9.93. The van der Waals surface area contributed by atoms with E-state index in [9.17, 15) is 0 Å². The van der Waals surface area contributed by atoms with E-state index < -0.39 is 0 Å². The van der Waals surface area contributed by atoms with Crippen LogP contribution in [0.2, 0.25) is 5.15 Å². The number of aryl methyl sites for hydroxylation is 1. The molecule has 0 N–H and O–H groups in total. The molecular formula is C11H8ClN2O. The normalized spacial score (nSPS) is 10.0. The number of hydrogen-bond acceptors (Lipinski definition) is 3. The lowest BCUT2D eigenvalue weighted by atomic mass is 10.2. The van der Waals surface area contributed by atoms with Crippen LogP contribution in [0.25, 0.3) is 0 Å². The maximum absolute atomic E-state index is 5.59. The van der Waals surface area contributed by atoms with Crippen molar-refractivity contribution in [2.45, 2.75) is 6.92 Å². The van der Waals surface area contributed by atoms with Gasteiger partial charge in [-0.3, -0.25) is 0 Å². The lowest BCUT2D eigenvalue weighted by Gasteiger charge is -2.05. The van der Waals surface area contributed by atoms with Gasteiger partial charge in [0.05, 0.1) is 6.07 Å². The summed E-state index contributed by atoms with van der Waals surface area (Å²) in [6.07, 6.45) is 0. The van der Waals surface area contributed by atoms with E-state index >= 15 is 0 Å². The smallest absolute Gasteiger partial charge is 0.247 e. The fourth-order valence-corrected chi connectivity index (χ4v) is 1.19. The van der Waals surface area contributed by atoms with Crippen LogP contribution < -0.4 is 4.74 Å². The number of rotatable bonds is 2. The van der Waals surface area contributed by atoms with Crippen LogP contribution in [0.4, 0.5) is 0 Å². The number of para-hydroxylation sites is 1. The quantitative estimate of drug-likeness (QED) is 0.779. The molecule has 75 valence electrons. The molecular weight excluding hydrogens is 212 g/mol. The highest BCUT2D eigenvalue weighted by Crippen LogP contribution is 2.22. The average molecular weight is 220 g/mol. The molecule has 1 radical (unpaired) electrons. The van der Waals surface area contributed by atoms with Crippen molar-refractivity contribution in [2.75, 3.05) is 0 Å². The van der Waals surface area contributed by atoms with Crippen LogP contribution in [0.3, 0.4) is 0 Å². The third kappa shape index (κ3) is 2.44. The van der Waals surface area contributed by atoms with Gasteiger partial charge in [0.2, 0.25) is 5.88 Å². The number of nitrogens with zero attached hydrogens (tertiary/aromatic N) is 2. The van der Waals surface area contributed by atoms with Gasteiger partial charge in [-0.05, 0) is 24.6 Å². The van der Waals surface area contributed by atoms with Crippen LogP contribution in [0.15, 0.2) is 30.3 Å². The number of aromatic nitrogens is 2. The number of ether oxygens (including phenoxy) is 1. The first-order chi connectivity index (χ1) is 7.25. The zero-order valence-electron chi connectivity index (χ0n) is 8.07. The summed E-state index contributed by atoms with van der Waals surface area (Å²) in [5.41, 5.74) is 1.03. The summed E-state index contributed by atoms with van der Waals surface area (Å²) < 4.78 is 5.48.